The summed E-state index contributed by atoms with van der Waals surface area (Å²) in [6.45, 7) is -2.86. The van der Waals surface area contributed by atoms with E-state index in [0.29, 0.717) is 14.6 Å². The molecule has 72 valence electrons. The molecule has 1 aromatic carbocycles. The Hall–Kier alpha value is -0.360. The molecule has 0 aromatic heterocycles. The van der Waals surface area contributed by atoms with Gasteiger partial charge in [-0.15, -0.1) is 0 Å². The summed E-state index contributed by atoms with van der Waals surface area (Å²) in [5, 5.41) is 0. The van der Waals surface area contributed by atoms with E-state index in [1.54, 1.807) is 6.07 Å². The van der Waals surface area contributed by atoms with Crippen LogP contribution >= 0.6 is 31.9 Å². The molecule has 2 nitrogen and oxygen atoms in total. The lowest BCUT2D eigenvalue weighted by atomic mass is 10.3. The van der Waals surface area contributed by atoms with Crippen LogP contribution in [0.1, 0.15) is 0 Å². The van der Waals surface area contributed by atoms with Crippen LogP contribution in [0.3, 0.4) is 0 Å². The predicted molar refractivity (Wildman–Crippen MR) is 52.9 cm³/mol. The number of nitrogen functional groups attached to an aromatic ring is 1. The van der Waals surface area contributed by atoms with E-state index in [0.717, 1.165) is 0 Å². The molecule has 0 atom stereocenters. The molecule has 0 aliphatic rings. The lowest BCUT2D eigenvalue weighted by Crippen LogP contribution is -2.03. The van der Waals surface area contributed by atoms with Gasteiger partial charge in [-0.25, -0.2) is 0 Å². The van der Waals surface area contributed by atoms with Crippen molar-refractivity contribution in [3.8, 4) is 5.75 Å². The number of nitrogens with two attached hydrogens (primary N) is 1. The zero-order chi connectivity index (χ0) is 10.0. The normalized spacial score (nSPS) is 10.5. The fourth-order valence-corrected chi connectivity index (χ4v) is 1.54. The molecule has 6 heteroatoms. The molecule has 0 aliphatic carbocycles. The zero-order valence-electron chi connectivity index (χ0n) is 6.23. The summed E-state index contributed by atoms with van der Waals surface area (Å²) >= 11 is 6.15. The maximum absolute atomic E-state index is 11.9. The van der Waals surface area contributed by atoms with Crippen LogP contribution in [0.25, 0.3) is 0 Å². The summed E-state index contributed by atoms with van der Waals surface area (Å²) in [4.78, 5) is 0. The minimum Gasteiger partial charge on any atom is -0.434 e. The summed E-state index contributed by atoms with van der Waals surface area (Å²) in [6, 6.07) is 3.00. The van der Waals surface area contributed by atoms with Crippen molar-refractivity contribution in [1.29, 1.82) is 0 Å². The van der Waals surface area contributed by atoms with Gasteiger partial charge in [0, 0.05) is 4.47 Å². The fraction of sp³-hybridized carbons (Fsp3) is 0.143. The number of hydrogen-bond acceptors (Lipinski definition) is 2. The molecule has 0 saturated carbocycles. The van der Waals surface area contributed by atoms with Crippen molar-refractivity contribution in [2.24, 2.45) is 0 Å². The standard InChI is InChI=1S/C7H5Br2F2NO/c8-3-1-4(12)6(9)5(2-3)13-7(10)11/h1-2,7H,12H2. The van der Waals surface area contributed by atoms with Gasteiger partial charge in [0.15, 0.2) is 0 Å². The molecule has 0 fully saturated rings. The van der Waals surface area contributed by atoms with E-state index in [1.165, 1.54) is 6.07 Å². The van der Waals surface area contributed by atoms with Gasteiger partial charge in [-0.1, -0.05) is 15.9 Å². The van der Waals surface area contributed by atoms with E-state index in [-0.39, 0.29) is 5.75 Å². The summed E-state index contributed by atoms with van der Waals surface area (Å²) in [5.74, 6) is 0.0156. The third kappa shape index (κ3) is 2.80. The Bertz CT molecular complexity index is 320. The van der Waals surface area contributed by atoms with E-state index in [9.17, 15) is 8.78 Å². The molecule has 0 heterocycles. The number of rotatable bonds is 2. The lowest BCUT2D eigenvalue weighted by molar-refractivity contribution is -0.0503. The second-order valence-electron chi connectivity index (χ2n) is 2.19. The number of benzene rings is 1. The molecule has 1 aromatic rings. The zero-order valence-corrected chi connectivity index (χ0v) is 9.40. The van der Waals surface area contributed by atoms with Gasteiger partial charge >= 0.3 is 6.61 Å². The largest absolute Gasteiger partial charge is 0.434 e. The van der Waals surface area contributed by atoms with Gasteiger partial charge in [-0.05, 0) is 28.1 Å². The quantitative estimate of drug-likeness (QED) is 0.849. The highest BCUT2D eigenvalue weighted by atomic mass is 79.9. The number of hydrogen-bond donors (Lipinski definition) is 1. The molecule has 0 saturated heterocycles. The summed E-state index contributed by atoms with van der Waals surface area (Å²) in [5.41, 5.74) is 5.83. The molecule has 1 rings (SSSR count). The SMILES string of the molecule is Nc1cc(Br)cc(OC(F)F)c1Br. The van der Waals surface area contributed by atoms with Crippen LogP contribution in [0.15, 0.2) is 21.1 Å². The van der Waals surface area contributed by atoms with Crippen LogP contribution in [0, 0.1) is 0 Å². The Kier molecular flexibility index (Phi) is 3.49. The Morgan fingerprint density at radius 2 is 1.92 bits per heavy atom. The highest BCUT2D eigenvalue weighted by molar-refractivity contribution is 9.11. The second-order valence-corrected chi connectivity index (χ2v) is 3.89. The molecule has 2 N–H and O–H groups in total. The first-order valence-corrected chi connectivity index (χ1v) is 4.78. The minimum atomic E-state index is -2.86. The van der Waals surface area contributed by atoms with Crippen molar-refractivity contribution in [3.63, 3.8) is 0 Å². The van der Waals surface area contributed by atoms with Gasteiger partial charge in [0.05, 0.1) is 10.2 Å². The molecule has 0 spiro atoms. The second kappa shape index (κ2) is 4.23. The van der Waals surface area contributed by atoms with Crippen molar-refractivity contribution in [1.82, 2.24) is 0 Å². The average Bonchev–Trinajstić information content (AvgIpc) is 1.98. The van der Waals surface area contributed by atoms with Gasteiger partial charge in [-0.3, -0.25) is 0 Å². The monoisotopic (exact) mass is 315 g/mol. The first-order chi connectivity index (χ1) is 6.00. The number of halogens is 4. The van der Waals surface area contributed by atoms with Crippen LogP contribution in [0.4, 0.5) is 14.5 Å². The molecule has 0 radical (unpaired) electrons. The van der Waals surface area contributed by atoms with Crippen molar-refractivity contribution in [3.05, 3.63) is 21.1 Å². The van der Waals surface area contributed by atoms with E-state index in [1.807, 2.05) is 0 Å². The van der Waals surface area contributed by atoms with Crippen LogP contribution in [-0.2, 0) is 0 Å². The highest BCUT2D eigenvalue weighted by Crippen LogP contribution is 2.34. The molecule has 0 bridgehead atoms. The Balaban J connectivity index is 3.05. The van der Waals surface area contributed by atoms with E-state index in [2.05, 4.69) is 36.6 Å². The van der Waals surface area contributed by atoms with E-state index >= 15 is 0 Å². The Morgan fingerprint density at radius 3 is 2.46 bits per heavy atom. The molecule has 13 heavy (non-hydrogen) atoms. The van der Waals surface area contributed by atoms with Gasteiger partial charge in [0.25, 0.3) is 0 Å². The predicted octanol–water partition coefficient (Wildman–Crippen LogP) is 3.40. The van der Waals surface area contributed by atoms with Crippen LogP contribution in [0.5, 0.6) is 5.75 Å². The first-order valence-electron chi connectivity index (χ1n) is 3.20. The maximum atomic E-state index is 11.9. The molecule has 0 amide bonds. The van der Waals surface area contributed by atoms with Gasteiger partial charge in [0.1, 0.15) is 5.75 Å². The average molecular weight is 317 g/mol. The van der Waals surface area contributed by atoms with Crippen LogP contribution in [-0.4, -0.2) is 6.61 Å². The highest BCUT2D eigenvalue weighted by Gasteiger charge is 2.11. The topological polar surface area (TPSA) is 35.2 Å². The number of alkyl halides is 2. The van der Waals surface area contributed by atoms with Gasteiger partial charge in [0.2, 0.25) is 0 Å². The third-order valence-corrected chi connectivity index (χ3v) is 2.55. The molecule has 0 aliphatic heterocycles. The lowest BCUT2D eigenvalue weighted by Gasteiger charge is -2.08. The Labute approximate surface area is 90.3 Å². The van der Waals surface area contributed by atoms with Crippen LogP contribution < -0.4 is 10.5 Å². The summed E-state index contributed by atoms with van der Waals surface area (Å²) < 4.78 is 28.9. The fourth-order valence-electron chi connectivity index (χ4n) is 0.766. The van der Waals surface area contributed by atoms with Gasteiger partial charge < -0.3 is 10.5 Å². The smallest absolute Gasteiger partial charge is 0.387 e. The van der Waals surface area contributed by atoms with Crippen molar-refractivity contribution >= 4 is 37.5 Å². The Morgan fingerprint density at radius 1 is 1.31 bits per heavy atom. The van der Waals surface area contributed by atoms with Crippen LogP contribution in [0.2, 0.25) is 0 Å². The van der Waals surface area contributed by atoms with Crippen molar-refractivity contribution in [2.75, 3.05) is 5.73 Å². The molecular formula is C7H5Br2F2NO. The number of ether oxygens (including phenoxy) is 1. The van der Waals surface area contributed by atoms with Crippen molar-refractivity contribution in [2.45, 2.75) is 6.61 Å². The molecular weight excluding hydrogens is 312 g/mol. The summed E-state index contributed by atoms with van der Waals surface area (Å²) in [6.07, 6.45) is 0. The third-order valence-electron chi connectivity index (χ3n) is 1.25. The van der Waals surface area contributed by atoms with Crippen molar-refractivity contribution < 1.29 is 13.5 Å². The maximum Gasteiger partial charge on any atom is 0.387 e. The first kappa shape index (κ1) is 10.7. The number of anilines is 1. The van der Waals surface area contributed by atoms with E-state index in [4.69, 9.17) is 5.73 Å². The minimum absolute atomic E-state index is 0.0156. The summed E-state index contributed by atoms with van der Waals surface area (Å²) in [7, 11) is 0. The van der Waals surface area contributed by atoms with Gasteiger partial charge in [-0.2, -0.15) is 8.78 Å². The molecule has 0 unspecified atom stereocenters. The van der Waals surface area contributed by atoms with E-state index < -0.39 is 6.61 Å².